The molecular weight excluding hydrogens is 506 g/mol. The molecule has 2 aliphatic heterocycles. The molecule has 10 heteroatoms. The van der Waals surface area contributed by atoms with Crippen LogP contribution in [0.2, 0.25) is 0 Å². The first-order chi connectivity index (χ1) is 16.0. The number of nitrogens with zero attached hydrogens (tertiary/aromatic N) is 3. The van der Waals surface area contributed by atoms with Gasteiger partial charge in [0.1, 0.15) is 5.54 Å². The fraction of sp³-hybridized carbons (Fsp3) is 0.478. The van der Waals surface area contributed by atoms with Gasteiger partial charge in [0.15, 0.2) is 0 Å². The van der Waals surface area contributed by atoms with Crippen LogP contribution in [-0.4, -0.2) is 77.3 Å². The van der Waals surface area contributed by atoms with Crippen LogP contribution in [0.15, 0.2) is 40.4 Å². The van der Waals surface area contributed by atoms with Gasteiger partial charge in [-0.2, -0.15) is 0 Å². The Morgan fingerprint density at radius 2 is 1.88 bits per heavy atom. The summed E-state index contributed by atoms with van der Waals surface area (Å²) in [6.45, 7) is 3.50. The third-order valence-corrected chi connectivity index (χ3v) is 7.47. The Kier molecular flexibility index (Phi) is 7.77. The zero-order valence-corrected chi connectivity index (χ0v) is 20.8. The maximum absolute atomic E-state index is 13.7. The quantitative estimate of drug-likeness (QED) is 0.613. The molecule has 0 unspecified atom stereocenters. The summed E-state index contributed by atoms with van der Waals surface area (Å²) in [6, 6.07) is 5.57. The van der Waals surface area contributed by atoms with Gasteiger partial charge in [0.05, 0.1) is 11.3 Å². The Balaban J connectivity index is 1.43. The highest BCUT2D eigenvalue weighted by Crippen LogP contribution is 2.24. The van der Waals surface area contributed by atoms with Crippen LogP contribution in [-0.2, 0) is 16.0 Å². The van der Waals surface area contributed by atoms with Gasteiger partial charge in [-0.15, -0.1) is 11.3 Å². The number of thiophene rings is 1. The number of aromatic nitrogens is 1. The predicted molar refractivity (Wildman–Crippen MR) is 130 cm³/mol. The van der Waals surface area contributed by atoms with Gasteiger partial charge in [0, 0.05) is 43.0 Å². The SMILES string of the molecule is O=C(Cc1cncc(Br)c1)NC1(C(=O)N2CCCN(C(=O)c3cccs3)CC2)CCNCC1. The highest BCUT2D eigenvalue weighted by atomic mass is 79.9. The van der Waals surface area contributed by atoms with Crippen LogP contribution in [0.4, 0.5) is 0 Å². The molecule has 2 fully saturated rings. The molecule has 0 atom stereocenters. The topological polar surface area (TPSA) is 94.6 Å². The maximum atomic E-state index is 13.7. The number of rotatable bonds is 5. The maximum Gasteiger partial charge on any atom is 0.263 e. The lowest BCUT2D eigenvalue weighted by Crippen LogP contribution is -2.64. The van der Waals surface area contributed by atoms with Crippen molar-refractivity contribution in [1.29, 1.82) is 0 Å². The molecule has 0 aromatic carbocycles. The largest absolute Gasteiger partial charge is 0.341 e. The van der Waals surface area contributed by atoms with E-state index in [0.717, 1.165) is 21.3 Å². The second-order valence-corrected chi connectivity index (χ2v) is 10.3. The van der Waals surface area contributed by atoms with Gasteiger partial charge in [0.25, 0.3) is 5.91 Å². The van der Waals surface area contributed by atoms with Crippen LogP contribution in [0.25, 0.3) is 0 Å². The van der Waals surface area contributed by atoms with E-state index in [2.05, 4.69) is 31.5 Å². The van der Waals surface area contributed by atoms with Crippen LogP contribution in [0.5, 0.6) is 0 Å². The number of pyridine rings is 1. The Morgan fingerprint density at radius 1 is 1.12 bits per heavy atom. The average Bonchev–Trinajstić information content (AvgIpc) is 3.23. The summed E-state index contributed by atoms with van der Waals surface area (Å²) in [5.41, 5.74) is -0.134. The van der Waals surface area contributed by atoms with Crippen molar-refractivity contribution in [2.24, 2.45) is 0 Å². The van der Waals surface area contributed by atoms with Gasteiger partial charge >= 0.3 is 0 Å². The minimum absolute atomic E-state index is 0.0202. The number of hydrogen-bond donors (Lipinski definition) is 2. The molecule has 0 aliphatic carbocycles. The standard InChI is InChI=1S/C23H28BrN5O3S/c24-18-13-17(15-26-16-18)14-20(30)27-23(4-6-25-7-5-23)22(32)29-9-2-8-28(10-11-29)21(31)19-3-1-12-33-19/h1,3,12-13,15-16,25H,2,4-11,14H2,(H,27,30). The van der Waals surface area contributed by atoms with Crippen molar-refractivity contribution in [3.63, 3.8) is 0 Å². The van der Waals surface area contributed by atoms with E-state index in [4.69, 9.17) is 0 Å². The fourth-order valence-corrected chi connectivity index (χ4v) is 5.58. The average molecular weight is 534 g/mol. The normalized spacial score (nSPS) is 18.5. The van der Waals surface area contributed by atoms with E-state index < -0.39 is 5.54 Å². The fourth-order valence-electron chi connectivity index (χ4n) is 4.48. The summed E-state index contributed by atoms with van der Waals surface area (Å²) >= 11 is 4.82. The highest BCUT2D eigenvalue weighted by molar-refractivity contribution is 9.10. The minimum Gasteiger partial charge on any atom is -0.341 e. The Morgan fingerprint density at radius 3 is 2.61 bits per heavy atom. The summed E-state index contributed by atoms with van der Waals surface area (Å²) in [5, 5.41) is 8.27. The molecule has 2 aromatic rings. The molecule has 0 radical (unpaired) electrons. The van der Waals surface area contributed by atoms with Crippen molar-refractivity contribution < 1.29 is 14.4 Å². The smallest absolute Gasteiger partial charge is 0.263 e. The monoisotopic (exact) mass is 533 g/mol. The number of halogens is 1. The molecule has 2 aliphatic rings. The third kappa shape index (κ3) is 5.80. The Bertz CT molecular complexity index is 994. The number of carbonyl (C=O) groups excluding carboxylic acids is 3. The molecule has 0 bridgehead atoms. The summed E-state index contributed by atoms with van der Waals surface area (Å²) in [7, 11) is 0. The van der Waals surface area contributed by atoms with Crippen LogP contribution in [0.3, 0.4) is 0 Å². The lowest BCUT2D eigenvalue weighted by Gasteiger charge is -2.40. The first kappa shape index (κ1) is 23.8. The first-order valence-electron chi connectivity index (χ1n) is 11.2. The van der Waals surface area contributed by atoms with Crippen LogP contribution >= 0.6 is 27.3 Å². The summed E-state index contributed by atoms with van der Waals surface area (Å²) in [5.74, 6) is -0.212. The van der Waals surface area contributed by atoms with E-state index in [1.54, 1.807) is 12.4 Å². The van der Waals surface area contributed by atoms with Crippen molar-refractivity contribution in [1.82, 2.24) is 25.4 Å². The van der Waals surface area contributed by atoms with Crippen molar-refractivity contribution in [3.8, 4) is 0 Å². The number of piperidine rings is 1. The lowest BCUT2D eigenvalue weighted by molar-refractivity contribution is -0.143. The van der Waals surface area contributed by atoms with E-state index in [1.807, 2.05) is 33.4 Å². The Hall–Kier alpha value is -2.30. The number of amides is 3. The summed E-state index contributed by atoms with van der Waals surface area (Å²) in [4.78, 5) is 47.9. The minimum atomic E-state index is -0.922. The molecule has 2 aromatic heterocycles. The number of nitrogens with one attached hydrogen (secondary N) is 2. The van der Waals surface area contributed by atoms with E-state index in [9.17, 15) is 14.4 Å². The molecule has 176 valence electrons. The van der Waals surface area contributed by atoms with Crippen LogP contribution in [0.1, 0.15) is 34.5 Å². The van der Waals surface area contributed by atoms with Crippen molar-refractivity contribution in [2.45, 2.75) is 31.2 Å². The zero-order valence-electron chi connectivity index (χ0n) is 18.4. The van der Waals surface area contributed by atoms with E-state index in [0.29, 0.717) is 52.1 Å². The second kappa shape index (κ2) is 10.8. The summed E-state index contributed by atoms with van der Waals surface area (Å²) in [6.07, 6.45) is 5.30. The van der Waals surface area contributed by atoms with Gasteiger partial charge in [-0.3, -0.25) is 19.4 Å². The molecule has 4 rings (SSSR count). The molecule has 3 amide bonds. The van der Waals surface area contributed by atoms with Gasteiger partial charge in [0.2, 0.25) is 11.8 Å². The van der Waals surface area contributed by atoms with E-state index >= 15 is 0 Å². The molecule has 2 saturated heterocycles. The van der Waals surface area contributed by atoms with Gasteiger partial charge in [-0.25, -0.2) is 0 Å². The summed E-state index contributed by atoms with van der Waals surface area (Å²) < 4.78 is 0.812. The van der Waals surface area contributed by atoms with E-state index in [1.165, 1.54) is 11.3 Å². The van der Waals surface area contributed by atoms with Gasteiger partial charge in [-0.1, -0.05) is 6.07 Å². The van der Waals surface area contributed by atoms with Crippen molar-refractivity contribution >= 4 is 45.0 Å². The first-order valence-corrected chi connectivity index (χ1v) is 12.9. The predicted octanol–water partition coefficient (Wildman–Crippen LogP) is 2.06. The van der Waals surface area contributed by atoms with Crippen LogP contribution in [0, 0.1) is 0 Å². The number of hydrogen-bond acceptors (Lipinski definition) is 6. The molecule has 33 heavy (non-hydrogen) atoms. The van der Waals surface area contributed by atoms with Crippen molar-refractivity contribution in [3.05, 3.63) is 50.9 Å². The van der Waals surface area contributed by atoms with Crippen molar-refractivity contribution in [2.75, 3.05) is 39.3 Å². The molecule has 4 heterocycles. The second-order valence-electron chi connectivity index (χ2n) is 8.48. The Labute approximate surface area is 205 Å². The van der Waals surface area contributed by atoms with Crippen LogP contribution < -0.4 is 10.6 Å². The van der Waals surface area contributed by atoms with Gasteiger partial charge < -0.3 is 20.4 Å². The highest BCUT2D eigenvalue weighted by Gasteiger charge is 2.43. The molecule has 0 spiro atoms. The zero-order chi connectivity index (χ0) is 23.3. The third-order valence-electron chi connectivity index (χ3n) is 6.17. The molecular formula is C23H28BrN5O3S. The lowest BCUT2D eigenvalue weighted by atomic mass is 9.86. The molecule has 8 nitrogen and oxygen atoms in total. The molecule has 2 N–H and O–H groups in total. The number of carbonyl (C=O) groups is 3. The molecule has 0 saturated carbocycles. The van der Waals surface area contributed by atoms with Gasteiger partial charge in [-0.05, 0) is 71.4 Å². The van der Waals surface area contributed by atoms with E-state index in [-0.39, 0.29) is 24.1 Å².